The minimum Gasteiger partial charge on any atom is -0.297 e. The van der Waals surface area contributed by atoms with Crippen molar-refractivity contribution in [1.82, 2.24) is 9.21 Å². The molecule has 4 aromatic rings. The molecule has 1 unspecified atom stereocenters. The summed E-state index contributed by atoms with van der Waals surface area (Å²) in [6.45, 7) is 2.81. The molecule has 0 saturated carbocycles. The quantitative estimate of drug-likeness (QED) is 0.318. The normalized spacial score (nSPS) is 16.5. The van der Waals surface area contributed by atoms with Gasteiger partial charge in [-0.3, -0.25) is 4.90 Å². The van der Waals surface area contributed by atoms with Gasteiger partial charge in [-0.25, -0.2) is 8.42 Å². The molecule has 0 radical (unpaired) electrons. The van der Waals surface area contributed by atoms with E-state index in [0.29, 0.717) is 11.4 Å². The summed E-state index contributed by atoms with van der Waals surface area (Å²) in [4.78, 5) is 2.70. The molecule has 5 heteroatoms. The number of benzene rings is 4. The molecule has 4 nitrogen and oxygen atoms in total. The third-order valence-electron chi connectivity index (χ3n) is 6.65. The Kier molecular flexibility index (Phi) is 7.09. The summed E-state index contributed by atoms with van der Waals surface area (Å²) >= 11 is 0. The molecule has 1 heterocycles. The summed E-state index contributed by atoms with van der Waals surface area (Å²) in [5.41, 5.74) is 4.33. The van der Waals surface area contributed by atoms with Crippen LogP contribution in [0.15, 0.2) is 120 Å². The molecule has 1 atom stereocenters. The molecule has 0 aromatic heterocycles. The van der Waals surface area contributed by atoms with E-state index in [2.05, 4.69) is 17.0 Å². The average Bonchev–Trinajstić information content (AvgIpc) is 3.37. The molecule has 1 aliphatic heterocycles. The average molecular weight is 483 g/mol. The first-order valence-corrected chi connectivity index (χ1v) is 13.5. The second-order valence-electron chi connectivity index (χ2n) is 9.09. The van der Waals surface area contributed by atoms with Crippen molar-refractivity contribution < 1.29 is 8.42 Å². The third-order valence-corrected chi connectivity index (χ3v) is 8.57. The summed E-state index contributed by atoms with van der Waals surface area (Å²) in [7, 11) is -3.67. The minimum atomic E-state index is -3.67. The molecule has 0 aliphatic carbocycles. The van der Waals surface area contributed by atoms with E-state index in [-0.39, 0.29) is 6.04 Å². The van der Waals surface area contributed by atoms with Crippen LogP contribution in [-0.2, 0) is 23.1 Å². The van der Waals surface area contributed by atoms with E-state index in [1.54, 1.807) is 16.4 Å². The van der Waals surface area contributed by atoms with E-state index < -0.39 is 10.0 Å². The zero-order valence-electron chi connectivity index (χ0n) is 19.7. The summed E-state index contributed by atoms with van der Waals surface area (Å²) in [6, 6.07) is 37.5. The van der Waals surface area contributed by atoms with Gasteiger partial charge in [0.05, 0.1) is 4.90 Å². The number of hydrogen-bond donors (Lipinski definition) is 0. The van der Waals surface area contributed by atoms with Gasteiger partial charge < -0.3 is 0 Å². The van der Waals surface area contributed by atoms with Crippen LogP contribution < -0.4 is 0 Å². The Morgan fingerprint density at radius 3 is 1.86 bits per heavy atom. The van der Waals surface area contributed by atoms with Gasteiger partial charge >= 0.3 is 0 Å². The molecule has 1 fully saturated rings. The van der Waals surface area contributed by atoms with Crippen molar-refractivity contribution in [3.63, 3.8) is 0 Å². The van der Waals surface area contributed by atoms with Crippen molar-refractivity contribution in [2.75, 3.05) is 13.1 Å². The van der Waals surface area contributed by atoms with Crippen LogP contribution in [0.4, 0.5) is 0 Å². The fourth-order valence-corrected chi connectivity index (χ4v) is 6.43. The molecule has 1 aliphatic rings. The second-order valence-corrected chi connectivity index (χ2v) is 11.0. The Morgan fingerprint density at radius 2 is 1.23 bits per heavy atom. The lowest BCUT2D eigenvalue weighted by Crippen LogP contribution is -2.41. The van der Waals surface area contributed by atoms with Gasteiger partial charge in [-0.15, -0.1) is 0 Å². The maximum Gasteiger partial charge on any atom is 0.243 e. The Balaban J connectivity index is 1.40. The number of nitrogens with zero attached hydrogens (tertiary/aromatic N) is 2. The highest BCUT2D eigenvalue weighted by molar-refractivity contribution is 7.89. The van der Waals surface area contributed by atoms with Crippen LogP contribution in [0.3, 0.4) is 0 Å². The van der Waals surface area contributed by atoms with Crippen LogP contribution in [-0.4, -0.2) is 36.8 Å². The van der Waals surface area contributed by atoms with Crippen LogP contribution in [0.1, 0.15) is 17.5 Å². The summed E-state index contributed by atoms with van der Waals surface area (Å²) < 4.78 is 29.6. The highest BCUT2D eigenvalue weighted by Gasteiger charge is 2.36. The Bertz CT molecular complexity index is 1330. The second kappa shape index (κ2) is 10.6. The Labute approximate surface area is 208 Å². The lowest BCUT2D eigenvalue weighted by molar-refractivity contribution is 0.276. The third kappa shape index (κ3) is 5.54. The fourth-order valence-electron chi connectivity index (χ4n) is 4.79. The predicted octanol–water partition coefficient (Wildman–Crippen LogP) is 5.82. The number of hydrogen-bond acceptors (Lipinski definition) is 3. The van der Waals surface area contributed by atoms with E-state index in [1.165, 1.54) is 5.56 Å². The van der Waals surface area contributed by atoms with Crippen molar-refractivity contribution in [1.29, 1.82) is 0 Å². The van der Waals surface area contributed by atoms with Crippen molar-refractivity contribution >= 4 is 10.0 Å². The predicted molar refractivity (Wildman–Crippen MR) is 141 cm³/mol. The van der Waals surface area contributed by atoms with Gasteiger partial charge in [0.2, 0.25) is 10.0 Å². The van der Waals surface area contributed by atoms with Crippen LogP contribution in [0.25, 0.3) is 11.1 Å². The van der Waals surface area contributed by atoms with Gasteiger partial charge in [0.25, 0.3) is 0 Å². The molecular formula is C30H30N2O2S. The lowest BCUT2D eigenvalue weighted by atomic mass is 10.1. The zero-order valence-corrected chi connectivity index (χ0v) is 20.5. The summed E-state index contributed by atoms with van der Waals surface area (Å²) in [5, 5.41) is 0. The van der Waals surface area contributed by atoms with E-state index in [0.717, 1.165) is 42.7 Å². The van der Waals surface area contributed by atoms with Gasteiger partial charge in [0.15, 0.2) is 0 Å². The van der Waals surface area contributed by atoms with Crippen LogP contribution in [0.5, 0.6) is 0 Å². The minimum absolute atomic E-state index is 0.0716. The molecule has 5 rings (SSSR count). The lowest BCUT2D eigenvalue weighted by Gasteiger charge is -2.29. The van der Waals surface area contributed by atoms with Gasteiger partial charge in [0.1, 0.15) is 0 Å². The van der Waals surface area contributed by atoms with Crippen LogP contribution in [0, 0.1) is 0 Å². The van der Waals surface area contributed by atoms with Gasteiger partial charge in [-0.05, 0) is 40.8 Å². The first kappa shape index (κ1) is 23.5. The maximum absolute atomic E-state index is 13.9. The smallest absolute Gasteiger partial charge is 0.243 e. The van der Waals surface area contributed by atoms with E-state index >= 15 is 0 Å². The summed E-state index contributed by atoms with van der Waals surface area (Å²) in [6.07, 6.45) is 0.820. The molecular weight excluding hydrogens is 452 g/mol. The first-order valence-electron chi connectivity index (χ1n) is 12.1. The molecule has 0 spiro atoms. The van der Waals surface area contributed by atoms with E-state index in [1.807, 2.05) is 91.0 Å². The SMILES string of the molecule is O=S(=O)(c1ccc(-c2ccccc2)cc1)N(Cc1ccccc1)C1CCN(Cc2ccccc2)C1. The van der Waals surface area contributed by atoms with Crippen molar-refractivity contribution in [3.8, 4) is 11.1 Å². The van der Waals surface area contributed by atoms with Crippen molar-refractivity contribution in [2.24, 2.45) is 0 Å². The highest BCUT2D eigenvalue weighted by atomic mass is 32.2. The Hall–Kier alpha value is -3.25. The van der Waals surface area contributed by atoms with Crippen LogP contribution in [0.2, 0.25) is 0 Å². The molecule has 0 bridgehead atoms. The van der Waals surface area contributed by atoms with Gasteiger partial charge in [-0.1, -0.05) is 103 Å². The highest BCUT2D eigenvalue weighted by Crippen LogP contribution is 2.28. The first-order chi connectivity index (χ1) is 17.1. The monoisotopic (exact) mass is 482 g/mol. The topological polar surface area (TPSA) is 40.6 Å². The molecule has 35 heavy (non-hydrogen) atoms. The van der Waals surface area contributed by atoms with Crippen molar-refractivity contribution in [2.45, 2.75) is 30.4 Å². The molecule has 1 saturated heterocycles. The zero-order chi connectivity index (χ0) is 24.1. The summed E-state index contributed by atoms with van der Waals surface area (Å²) in [5.74, 6) is 0. The van der Waals surface area contributed by atoms with E-state index in [9.17, 15) is 8.42 Å². The largest absolute Gasteiger partial charge is 0.297 e. The molecule has 0 N–H and O–H groups in total. The molecule has 4 aromatic carbocycles. The number of sulfonamides is 1. The van der Waals surface area contributed by atoms with Crippen LogP contribution >= 0.6 is 0 Å². The van der Waals surface area contributed by atoms with Crippen molar-refractivity contribution in [3.05, 3.63) is 126 Å². The number of likely N-dealkylation sites (tertiary alicyclic amines) is 1. The number of rotatable bonds is 8. The fraction of sp³-hybridized carbons (Fsp3) is 0.200. The standard InChI is InChI=1S/C30H30N2O2S/c33-35(34,30-18-16-28(17-19-30)27-14-8-3-9-15-27)32(23-26-12-6-2-7-13-26)29-20-21-31(24-29)22-25-10-4-1-5-11-25/h1-19,29H,20-24H2. The maximum atomic E-state index is 13.9. The Morgan fingerprint density at radius 1 is 0.686 bits per heavy atom. The molecule has 0 amide bonds. The van der Waals surface area contributed by atoms with Gasteiger partial charge in [0, 0.05) is 32.2 Å². The molecule has 178 valence electrons. The van der Waals surface area contributed by atoms with E-state index in [4.69, 9.17) is 0 Å². The van der Waals surface area contributed by atoms with Gasteiger partial charge in [-0.2, -0.15) is 4.31 Å².